The van der Waals surface area contributed by atoms with Crippen LogP contribution in [-0.4, -0.2) is 19.5 Å². The molecule has 2 rings (SSSR count). The lowest BCUT2D eigenvalue weighted by atomic mass is 10.1. The predicted molar refractivity (Wildman–Crippen MR) is 88.7 cm³/mol. The van der Waals surface area contributed by atoms with Crippen LogP contribution in [-0.2, 0) is 10.0 Å². The van der Waals surface area contributed by atoms with Crippen molar-refractivity contribution in [1.82, 2.24) is 0 Å². The maximum atomic E-state index is 12.4. The molecule has 0 aliphatic heterocycles. The van der Waals surface area contributed by atoms with Crippen LogP contribution < -0.4 is 4.72 Å². The van der Waals surface area contributed by atoms with Gasteiger partial charge in [-0.3, -0.25) is 4.72 Å². The average molecular weight is 455 g/mol. The summed E-state index contributed by atoms with van der Waals surface area (Å²) in [5.74, 6) is -1.19. The van der Waals surface area contributed by atoms with Crippen LogP contribution in [0.25, 0.3) is 0 Å². The summed E-state index contributed by atoms with van der Waals surface area (Å²) >= 11 is 7.62. The molecular weight excluding hydrogens is 446 g/mol. The molecule has 0 fully saturated rings. The zero-order valence-electron chi connectivity index (χ0n) is 10.6. The van der Waals surface area contributed by atoms with E-state index in [9.17, 15) is 13.2 Å². The van der Waals surface area contributed by atoms with E-state index >= 15 is 0 Å². The molecule has 0 saturated heterocycles. The Bertz CT molecular complexity index is 815. The Morgan fingerprint density at radius 3 is 2.52 bits per heavy atom. The van der Waals surface area contributed by atoms with E-state index in [1.807, 2.05) is 0 Å². The van der Waals surface area contributed by atoms with Crippen molar-refractivity contribution in [2.45, 2.75) is 11.8 Å². The van der Waals surface area contributed by atoms with Crippen molar-refractivity contribution >= 4 is 64.9 Å². The van der Waals surface area contributed by atoms with Crippen molar-refractivity contribution in [2.24, 2.45) is 0 Å². The van der Waals surface area contributed by atoms with Gasteiger partial charge in [-0.2, -0.15) is 0 Å². The SMILES string of the molecule is Cc1cccc(C(=O)O)c1NS(=O)(=O)c1cc(Br)sc1Br. The molecule has 2 aromatic rings. The Balaban J connectivity index is 2.52. The second-order valence-electron chi connectivity index (χ2n) is 4.10. The van der Waals surface area contributed by atoms with Crippen molar-refractivity contribution in [3.63, 3.8) is 0 Å². The van der Waals surface area contributed by atoms with Crippen LogP contribution in [0, 0.1) is 6.92 Å². The van der Waals surface area contributed by atoms with Crippen LogP contribution in [0.5, 0.6) is 0 Å². The first kappa shape index (κ1) is 16.5. The van der Waals surface area contributed by atoms with Crippen LogP contribution in [0.1, 0.15) is 15.9 Å². The highest BCUT2D eigenvalue weighted by molar-refractivity contribution is 9.12. The highest BCUT2D eigenvalue weighted by Crippen LogP contribution is 2.36. The van der Waals surface area contributed by atoms with Crippen molar-refractivity contribution in [1.29, 1.82) is 0 Å². The van der Waals surface area contributed by atoms with Crippen LogP contribution in [0.2, 0.25) is 0 Å². The lowest BCUT2D eigenvalue weighted by molar-refractivity contribution is 0.0698. The Morgan fingerprint density at radius 1 is 1.33 bits per heavy atom. The van der Waals surface area contributed by atoms with Gasteiger partial charge in [-0.1, -0.05) is 12.1 Å². The van der Waals surface area contributed by atoms with Gasteiger partial charge in [0, 0.05) is 0 Å². The molecule has 0 atom stereocenters. The normalized spacial score (nSPS) is 11.4. The van der Waals surface area contributed by atoms with E-state index in [4.69, 9.17) is 5.11 Å². The number of rotatable bonds is 4. The Hall–Kier alpha value is -0.900. The zero-order valence-corrected chi connectivity index (χ0v) is 15.4. The van der Waals surface area contributed by atoms with E-state index < -0.39 is 16.0 Å². The summed E-state index contributed by atoms with van der Waals surface area (Å²) in [7, 11) is -3.88. The molecule has 0 unspecified atom stereocenters. The number of hydrogen-bond acceptors (Lipinski definition) is 4. The minimum Gasteiger partial charge on any atom is -0.478 e. The van der Waals surface area contributed by atoms with Gasteiger partial charge < -0.3 is 5.11 Å². The number of sulfonamides is 1. The number of para-hydroxylation sites is 1. The minimum atomic E-state index is -3.88. The third-order valence-corrected chi connectivity index (χ3v) is 6.76. The number of anilines is 1. The number of carboxylic acids is 1. The van der Waals surface area contributed by atoms with E-state index in [1.54, 1.807) is 19.1 Å². The summed E-state index contributed by atoms with van der Waals surface area (Å²) in [4.78, 5) is 11.3. The molecule has 1 aromatic carbocycles. The summed E-state index contributed by atoms with van der Waals surface area (Å²) in [6, 6.07) is 6.01. The second kappa shape index (κ2) is 6.07. The maximum Gasteiger partial charge on any atom is 0.337 e. The molecule has 0 aliphatic carbocycles. The summed E-state index contributed by atoms with van der Waals surface area (Å²) in [5.41, 5.74) is 0.507. The van der Waals surface area contributed by atoms with E-state index in [-0.39, 0.29) is 16.1 Å². The second-order valence-corrected chi connectivity index (χ2v) is 9.50. The number of hydrogen-bond donors (Lipinski definition) is 2. The van der Waals surface area contributed by atoms with Crippen LogP contribution in [0.3, 0.4) is 0 Å². The number of carboxylic acid groups (broad SMARTS) is 1. The van der Waals surface area contributed by atoms with Crippen molar-refractivity contribution in [3.8, 4) is 0 Å². The third-order valence-electron chi connectivity index (χ3n) is 2.65. The summed E-state index contributed by atoms with van der Waals surface area (Å²) in [6.07, 6.45) is 0. The number of carbonyl (C=O) groups is 1. The van der Waals surface area contributed by atoms with Crippen LogP contribution in [0.4, 0.5) is 5.69 Å². The smallest absolute Gasteiger partial charge is 0.337 e. The Morgan fingerprint density at radius 2 is 2.00 bits per heavy atom. The minimum absolute atomic E-state index is 0.0546. The first-order valence-corrected chi connectivity index (χ1v) is 9.41. The molecule has 9 heteroatoms. The van der Waals surface area contributed by atoms with E-state index in [0.29, 0.717) is 13.1 Å². The molecule has 0 bridgehead atoms. The van der Waals surface area contributed by atoms with Crippen molar-refractivity contribution < 1.29 is 18.3 Å². The average Bonchev–Trinajstić information content (AvgIpc) is 2.71. The van der Waals surface area contributed by atoms with Crippen LogP contribution >= 0.6 is 43.2 Å². The molecule has 2 N–H and O–H groups in total. The highest BCUT2D eigenvalue weighted by Gasteiger charge is 2.23. The van der Waals surface area contributed by atoms with Gasteiger partial charge in [0.1, 0.15) is 4.90 Å². The van der Waals surface area contributed by atoms with Gasteiger partial charge in [0.25, 0.3) is 10.0 Å². The monoisotopic (exact) mass is 453 g/mol. The molecular formula is C12H9Br2NO4S2. The number of benzene rings is 1. The van der Waals surface area contributed by atoms with Gasteiger partial charge in [-0.05, 0) is 56.5 Å². The summed E-state index contributed by atoms with van der Waals surface area (Å²) in [5, 5.41) is 9.17. The standard InChI is InChI=1S/C12H9Br2NO4S2/c1-6-3-2-4-7(12(16)17)10(6)15-21(18,19)8-5-9(13)20-11(8)14/h2-5,15H,1H3,(H,16,17). The quantitative estimate of drug-likeness (QED) is 0.728. The fourth-order valence-electron chi connectivity index (χ4n) is 1.68. The number of aromatic carboxylic acids is 1. The molecule has 1 aromatic heterocycles. The van der Waals surface area contributed by atoms with Crippen LogP contribution in [0.15, 0.2) is 36.7 Å². The predicted octanol–water partition coefficient (Wildman–Crippen LogP) is 4.08. The van der Waals surface area contributed by atoms with Gasteiger partial charge in [0.15, 0.2) is 0 Å². The van der Waals surface area contributed by atoms with Crippen molar-refractivity contribution in [3.05, 3.63) is 43.0 Å². The zero-order chi connectivity index (χ0) is 15.8. The highest BCUT2D eigenvalue weighted by atomic mass is 79.9. The van der Waals surface area contributed by atoms with E-state index in [0.717, 1.165) is 0 Å². The number of nitrogens with one attached hydrogen (secondary N) is 1. The maximum absolute atomic E-state index is 12.4. The molecule has 1 heterocycles. The number of halogens is 2. The summed E-state index contributed by atoms with van der Waals surface area (Å²) < 4.78 is 28.3. The third kappa shape index (κ3) is 3.47. The van der Waals surface area contributed by atoms with Gasteiger partial charge in [0.05, 0.1) is 18.8 Å². The van der Waals surface area contributed by atoms with Gasteiger partial charge in [-0.15, -0.1) is 11.3 Å². The molecule has 112 valence electrons. The van der Waals surface area contributed by atoms with Gasteiger partial charge in [0.2, 0.25) is 0 Å². The molecule has 21 heavy (non-hydrogen) atoms. The first-order valence-electron chi connectivity index (χ1n) is 5.53. The first-order chi connectivity index (χ1) is 9.72. The molecule has 0 saturated carbocycles. The fraction of sp³-hybridized carbons (Fsp3) is 0.0833. The van der Waals surface area contributed by atoms with Gasteiger partial charge in [-0.25, -0.2) is 13.2 Å². The van der Waals surface area contributed by atoms with E-state index in [1.165, 1.54) is 23.5 Å². The number of thiophene rings is 1. The number of aryl methyl sites for hydroxylation is 1. The fourth-order valence-corrected chi connectivity index (χ4v) is 6.64. The molecule has 0 aliphatic rings. The molecule has 0 radical (unpaired) electrons. The lowest BCUT2D eigenvalue weighted by Crippen LogP contribution is -2.16. The Kier molecular flexibility index (Phi) is 4.76. The molecule has 0 spiro atoms. The van der Waals surface area contributed by atoms with Gasteiger partial charge >= 0.3 is 5.97 Å². The van der Waals surface area contributed by atoms with Crippen molar-refractivity contribution in [2.75, 3.05) is 4.72 Å². The molecule has 0 amide bonds. The largest absolute Gasteiger partial charge is 0.478 e. The molecule has 5 nitrogen and oxygen atoms in total. The topological polar surface area (TPSA) is 83.5 Å². The Labute approximate surface area is 142 Å². The lowest BCUT2D eigenvalue weighted by Gasteiger charge is -2.12. The summed E-state index contributed by atoms with van der Waals surface area (Å²) in [6.45, 7) is 1.64. The van der Waals surface area contributed by atoms with E-state index in [2.05, 4.69) is 36.6 Å².